The van der Waals surface area contributed by atoms with Crippen LogP contribution in [0.15, 0.2) is 42.5 Å². The van der Waals surface area contributed by atoms with Crippen molar-refractivity contribution >= 4 is 5.69 Å². The third-order valence-corrected chi connectivity index (χ3v) is 2.52. The normalized spacial score (nSPS) is 9.88. The number of nitrogens with zero attached hydrogens (tertiary/aromatic N) is 1. The highest BCUT2D eigenvalue weighted by atomic mass is 19.1. The molecule has 2 aromatic rings. The van der Waals surface area contributed by atoms with E-state index in [4.69, 9.17) is 11.0 Å². The number of nitrogens with two attached hydrogens (primary N) is 1. The first-order chi connectivity index (χ1) is 8.19. The molecule has 0 atom stereocenters. The molecule has 0 aliphatic rings. The summed E-state index contributed by atoms with van der Waals surface area (Å²) >= 11 is 0. The Morgan fingerprint density at radius 1 is 1.12 bits per heavy atom. The second kappa shape index (κ2) is 4.67. The minimum Gasteiger partial charge on any atom is -0.396 e. The van der Waals surface area contributed by atoms with Gasteiger partial charge < -0.3 is 5.73 Å². The van der Waals surface area contributed by atoms with Crippen LogP contribution in [0.2, 0.25) is 0 Å². The zero-order valence-electron chi connectivity index (χ0n) is 9.15. The molecule has 0 bridgehead atoms. The maximum absolute atomic E-state index is 13.0. The van der Waals surface area contributed by atoms with Crippen LogP contribution in [0.3, 0.4) is 0 Å². The van der Waals surface area contributed by atoms with Crippen molar-refractivity contribution in [1.29, 1.82) is 5.26 Å². The number of halogens is 1. The van der Waals surface area contributed by atoms with E-state index in [1.54, 1.807) is 18.2 Å². The molecule has 0 heterocycles. The van der Waals surface area contributed by atoms with Gasteiger partial charge in [-0.2, -0.15) is 5.26 Å². The number of hydrogen-bond acceptors (Lipinski definition) is 2. The molecule has 2 N–H and O–H groups in total. The summed E-state index contributed by atoms with van der Waals surface area (Å²) in [7, 11) is 0. The summed E-state index contributed by atoms with van der Waals surface area (Å²) in [6.45, 7) is 0. The van der Waals surface area contributed by atoms with Crippen LogP contribution in [-0.2, 0) is 6.42 Å². The molecule has 2 rings (SSSR count). The molecule has 0 radical (unpaired) electrons. The van der Waals surface area contributed by atoms with Gasteiger partial charge in [0, 0.05) is 0 Å². The van der Waals surface area contributed by atoms with E-state index in [2.05, 4.69) is 6.07 Å². The fraction of sp³-hybridized carbons (Fsp3) is 0.0714. The smallest absolute Gasteiger partial charge is 0.146 e. The molecule has 0 saturated heterocycles. The topological polar surface area (TPSA) is 49.8 Å². The predicted molar refractivity (Wildman–Crippen MR) is 64.8 cm³/mol. The molecule has 0 spiro atoms. The van der Waals surface area contributed by atoms with Gasteiger partial charge in [-0.15, -0.1) is 0 Å². The van der Waals surface area contributed by atoms with Crippen molar-refractivity contribution in [2.24, 2.45) is 0 Å². The maximum atomic E-state index is 13.0. The highest BCUT2D eigenvalue weighted by Gasteiger charge is 2.01. The van der Waals surface area contributed by atoms with Gasteiger partial charge in [-0.25, -0.2) is 4.39 Å². The van der Waals surface area contributed by atoms with E-state index in [0.717, 1.165) is 11.1 Å². The number of nitrogen functional groups attached to an aromatic ring is 1. The van der Waals surface area contributed by atoms with Crippen LogP contribution in [0.25, 0.3) is 0 Å². The first kappa shape index (κ1) is 11.2. The monoisotopic (exact) mass is 226 g/mol. The lowest BCUT2D eigenvalue weighted by Gasteiger charge is -2.04. The van der Waals surface area contributed by atoms with Crippen LogP contribution in [0.1, 0.15) is 16.7 Å². The molecule has 3 heteroatoms. The van der Waals surface area contributed by atoms with E-state index in [0.29, 0.717) is 12.0 Å². The Morgan fingerprint density at radius 3 is 2.59 bits per heavy atom. The Hall–Kier alpha value is -2.34. The lowest BCUT2D eigenvalue weighted by Crippen LogP contribution is -1.94. The fourth-order valence-corrected chi connectivity index (χ4v) is 1.69. The summed E-state index contributed by atoms with van der Waals surface area (Å²) in [6, 6.07) is 14.1. The Morgan fingerprint density at radius 2 is 1.88 bits per heavy atom. The van der Waals surface area contributed by atoms with Crippen molar-refractivity contribution in [3.05, 3.63) is 65.0 Å². The summed E-state index contributed by atoms with van der Waals surface area (Å²) in [5, 5.41) is 8.79. The van der Waals surface area contributed by atoms with E-state index in [-0.39, 0.29) is 5.69 Å². The van der Waals surface area contributed by atoms with E-state index < -0.39 is 5.82 Å². The summed E-state index contributed by atoms with van der Waals surface area (Å²) in [5.41, 5.74) is 8.22. The zero-order valence-corrected chi connectivity index (χ0v) is 9.15. The molecule has 0 aliphatic heterocycles. The number of benzene rings is 2. The molecule has 0 fully saturated rings. The minimum absolute atomic E-state index is 0.152. The zero-order chi connectivity index (χ0) is 12.3. The van der Waals surface area contributed by atoms with E-state index in [9.17, 15) is 4.39 Å². The maximum Gasteiger partial charge on any atom is 0.146 e. The van der Waals surface area contributed by atoms with Gasteiger partial charge in [0.2, 0.25) is 0 Å². The Balaban J connectivity index is 2.25. The number of nitriles is 1. The summed E-state index contributed by atoms with van der Waals surface area (Å²) in [6.07, 6.45) is 0.639. The second-order valence-corrected chi connectivity index (χ2v) is 3.84. The average molecular weight is 226 g/mol. The van der Waals surface area contributed by atoms with Crippen molar-refractivity contribution in [1.82, 2.24) is 0 Å². The number of rotatable bonds is 2. The Labute approximate surface area is 99.1 Å². The molecule has 0 aromatic heterocycles. The second-order valence-electron chi connectivity index (χ2n) is 3.84. The molecule has 0 unspecified atom stereocenters. The summed E-state index contributed by atoms with van der Waals surface area (Å²) in [4.78, 5) is 0. The van der Waals surface area contributed by atoms with Crippen LogP contribution in [0, 0.1) is 17.1 Å². The van der Waals surface area contributed by atoms with Crippen molar-refractivity contribution < 1.29 is 4.39 Å². The van der Waals surface area contributed by atoms with Crippen molar-refractivity contribution in [2.75, 3.05) is 5.73 Å². The molecule has 2 aromatic carbocycles. The first-order valence-electron chi connectivity index (χ1n) is 5.22. The van der Waals surface area contributed by atoms with Crippen LogP contribution in [0.4, 0.5) is 10.1 Å². The molecule has 0 aliphatic carbocycles. The van der Waals surface area contributed by atoms with Crippen LogP contribution in [-0.4, -0.2) is 0 Å². The molecule has 0 amide bonds. The molecular formula is C14H11FN2. The van der Waals surface area contributed by atoms with Crippen molar-refractivity contribution in [3.8, 4) is 6.07 Å². The lowest BCUT2D eigenvalue weighted by molar-refractivity contribution is 0.632. The highest BCUT2D eigenvalue weighted by Crippen LogP contribution is 2.16. The molecule has 2 nitrogen and oxygen atoms in total. The van der Waals surface area contributed by atoms with E-state index in [1.165, 1.54) is 6.07 Å². The van der Waals surface area contributed by atoms with Gasteiger partial charge in [-0.05, 0) is 41.8 Å². The van der Waals surface area contributed by atoms with Gasteiger partial charge in [0.05, 0.1) is 17.3 Å². The number of hydrogen-bond donors (Lipinski definition) is 1. The van der Waals surface area contributed by atoms with Gasteiger partial charge in [0.25, 0.3) is 0 Å². The van der Waals surface area contributed by atoms with E-state index >= 15 is 0 Å². The molecule has 0 saturated carbocycles. The Kier molecular flexibility index (Phi) is 3.06. The van der Waals surface area contributed by atoms with Gasteiger partial charge >= 0.3 is 0 Å². The quantitative estimate of drug-likeness (QED) is 0.800. The lowest BCUT2D eigenvalue weighted by atomic mass is 10.0. The molecule has 17 heavy (non-hydrogen) atoms. The van der Waals surface area contributed by atoms with Crippen molar-refractivity contribution in [2.45, 2.75) is 6.42 Å². The third-order valence-electron chi connectivity index (χ3n) is 2.52. The van der Waals surface area contributed by atoms with Crippen LogP contribution < -0.4 is 5.73 Å². The number of anilines is 1. The van der Waals surface area contributed by atoms with Gasteiger partial charge in [0.1, 0.15) is 5.82 Å². The Bertz CT molecular complexity index is 585. The summed E-state index contributed by atoms with van der Waals surface area (Å²) < 4.78 is 13.0. The van der Waals surface area contributed by atoms with Crippen molar-refractivity contribution in [3.63, 3.8) is 0 Å². The largest absolute Gasteiger partial charge is 0.396 e. The molecular weight excluding hydrogens is 215 g/mol. The SMILES string of the molecule is N#Cc1cccc(Cc2ccc(F)c(N)c2)c1. The minimum atomic E-state index is -0.403. The van der Waals surface area contributed by atoms with Gasteiger partial charge in [0.15, 0.2) is 0 Å². The van der Waals surface area contributed by atoms with Gasteiger partial charge in [-0.3, -0.25) is 0 Å². The average Bonchev–Trinajstić information content (AvgIpc) is 2.34. The third kappa shape index (κ3) is 2.61. The highest BCUT2D eigenvalue weighted by molar-refractivity contribution is 5.44. The fourth-order valence-electron chi connectivity index (χ4n) is 1.69. The first-order valence-corrected chi connectivity index (χ1v) is 5.22. The van der Waals surface area contributed by atoms with Crippen LogP contribution in [0.5, 0.6) is 0 Å². The molecule has 84 valence electrons. The van der Waals surface area contributed by atoms with Gasteiger partial charge in [-0.1, -0.05) is 18.2 Å². The predicted octanol–water partition coefficient (Wildman–Crippen LogP) is 2.87. The summed E-state index contributed by atoms with van der Waals surface area (Å²) in [5.74, 6) is -0.403. The van der Waals surface area contributed by atoms with Crippen LogP contribution >= 0.6 is 0 Å². The standard InChI is InChI=1S/C14H11FN2/c15-13-5-4-11(8-14(13)17)6-10-2-1-3-12(7-10)9-16/h1-5,7-8H,6,17H2. The van der Waals surface area contributed by atoms with E-state index in [1.807, 2.05) is 18.2 Å².